The quantitative estimate of drug-likeness (QED) is 0.647. The average molecular weight is 346 g/mol. The zero-order chi connectivity index (χ0) is 17.6. The number of hydrogen-bond donors (Lipinski definition) is 3. The number of amides is 2. The van der Waals surface area contributed by atoms with Crippen LogP contribution in [0.3, 0.4) is 0 Å². The zero-order valence-corrected chi connectivity index (χ0v) is 14.7. The van der Waals surface area contributed by atoms with E-state index in [0.717, 1.165) is 24.6 Å². The maximum atomic E-state index is 12.1. The molecule has 1 atom stereocenters. The van der Waals surface area contributed by atoms with Crippen LogP contribution in [0.5, 0.6) is 0 Å². The number of piperidine rings is 1. The Morgan fingerprint density at radius 3 is 2.84 bits per heavy atom. The van der Waals surface area contributed by atoms with E-state index in [1.807, 2.05) is 13.0 Å². The number of aromatic nitrogens is 2. The standard InChI is InChI=1S/C17H26N6O2/c1-12-10-14(23-8-2-3-9-23)22-17(21-12)19-7-6-18-16(25)13-4-5-15(24)20-11-13/h10,13H,2-9,11H2,1H3,(H,18,25)(H,20,24)(H,19,21,22). The molecule has 25 heavy (non-hydrogen) atoms. The van der Waals surface area contributed by atoms with Gasteiger partial charge in [0.2, 0.25) is 17.8 Å². The van der Waals surface area contributed by atoms with Gasteiger partial charge >= 0.3 is 0 Å². The second kappa shape index (κ2) is 8.13. The van der Waals surface area contributed by atoms with E-state index in [4.69, 9.17) is 0 Å². The molecule has 2 fully saturated rings. The minimum atomic E-state index is -0.130. The summed E-state index contributed by atoms with van der Waals surface area (Å²) in [7, 11) is 0. The maximum Gasteiger partial charge on any atom is 0.224 e. The fourth-order valence-corrected chi connectivity index (χ4v) is 3.20. The lowest BCUT2D eigenvalue weighted by atomic mass is 9.98. The van der Waals surface area contributed by atoms with Crippen molar-refractivity contribution in [1.29, 1.82) is 0 Å². The Morgan fingerprint density at radius 2 is 2.12 bits per heavy atom. The number of aryl methyl sites for hydroxylation is 1. The van der Waals surface area contributed by atoms with Crippen LogP contribution in [0.1, 0.15) is 31.4 Å². The molecule has 136 valence electrons. The normalized spacial score (nSPS) is 20.3. The molecule has 0 aromatic carbocycles. The number of rotatable bonds is 6. The molecule has 2 aliphatic heterocycles. The SMILES string of the molecule is Cc1cc(N2CCCC2)nc(NCCNC(=O)C2CCC(=O)NC2)n1. The summed E-state index contributed by atoms with van der Waals surface area (Å²) in [5.41, 5.74) is 0.932. The van der Waals surface area contributed by atoms with Crippen LogP contribution in [0.15, 0.2) is 6.07 Å². The molecular formula is C17H26N6O2. The van der Waals surface area contributed by atoms with Gasteiger partial charge in [-0.25, -0.2) is 4.98 Å². The van der Waals surface area contributed by atoms with Crippen LogP contribution in [-0.2, 0) is 9.59 Å². The molecule has 2 aliphatic rings. The maximum absolute atomic E-state index is 12.1. The molecule has 1 unspecified atom stereocenters. The Hall–Kier alpha value is -2.38. The van der Waals surface area contributed by atoms with Crippen LogP contribution in [0.25, 0.3) is 0 Å². The van der Waals surface area contributed by atoms with E-state index in [9.17, 15) is 9.59 Å². The molecule has 2 amide bonds. The number of carbonyl (C=O) groups is 2. The smallest absolute Gasteiger partial charge is 0.224 e. The van der Waals surface area contributed by atoms with Gasteiger partial charge in [-0.2, -0.15) is 4.98 Å². The van der Waals surface area contributed by atoms with Gasteiger partial charge < -0.3 is 20.9 Å². The fourth-order valence-electron chi connectivity index (χ4n) is 3.20. The molecule has 3 heterocycles. The van der Waals surface area contributed by atoms with Crippen molar-refractivity contribution >= 4 is 23.6 Å². The van der Waals surface area contributed by atoms with Gasteiger partial charge in [-0.1, -0.05) is 0 Å². The summed E-state index contributed by atoms with van der Waals surface area (Å²) in [4.78, 5) is 34.5. The molecule has 0 radical (unpaired) electrons. The third-order valence-corrected chi connectivity index (χ3v) is 4.61. The third-order valence-electron chi connectivity index (χ3n) is 4.61. The summed E-state index contributed by atoms with van der Waals surface area (Å²) in [6, 6.07) is 2.01. The topological polar surface area (TPSA) is 99.3 Å². The van der Waals surface area contributed by atoms with E-state index >= 15 is 0 Å². The number of nitrogens with zero attached hydrogens (tertiary/aromatic N) is 3. The van der Waals surface area contributed by atoms with Crippen molar-refractivity contribution in [3.05, 3.63) is 11.8 Å². The first-order valence-corrected chi connectivity index (χ1v) is 9.01. The van der Waals surface area contributed by atoms with E-state index < -0.39 is 0 Å². The lowest BCUT2D eigenvalue weighted by molar-refractivity contribution is -0.128. The Kier molecular flexibility index (Phi) is 5.67. The molecule has 8 heteroatoms. The van der Waals surface area contributed by atoms with E-state index in [1.54, 1.807) is 0 Å². The summed E-state index contributed by atoms with van der Waals surface area (Å²) >= 11 is 0. The molecule has 2 saturated heterocycles. The van der Waals surface area contributed by atoms with Gasteiger partial charge in [0.1, 0.15) is 5.82 Å². The minimum absolute atomic E-state index is 0.00952. The number of carbonyl (C=O) groups excluding carboxylic acids is 2. The molecular weight excluding hydrogens is 320 g/mol. The summed E-state index contributed by atoms with van der Waals surface area (Å²) in [6.45, 7) is 5.55. The van der Waals surface area contributed by atoms with Crippen molar-refractivity contribution < 1.29 is 9.59 Å². The number of hydrogen-bond acceptors (Lipinski definition) is 6. The van der Waals surface area contributed by atoms with Crippen LogP contribution in [0.4, 0.5) is 11.8 Å². The predicted molar refractivity (Wildman–Crippen MR) is 95.4 cm³/mol. The molecule has 0 spiro atoms. The first kappa shape index (κ1) is 17.4. The van der Waals surface area contributed by atoms with Crippen LogP contribution in [-0.4, -0.2) is 54.5 Å². The minimum Gasteiger partial charge on any atom is -0.356 e. The highest BCUT2D eigenvalue weighted by molar-refractivity contribution is 5.83. The largest absolute Gasteiger partial charge is 0.356 e. The van der Waals surface area contributed by atoms with Gasteiger partial charge in [-0.3, -0.25) is 9.59 Å². The van der Waals surface area contributed by atoms with Crippen molar-refractivity contribution in [2.24, 2.45) is 5.92 Å². The highest BCUT2D eigenvalue weighted by atomic mass is 16.2. The van der Waals surface area contributed by atoms with Crippen molar-refractivity contribution in [2.45, 2.75) is 32.6 Å². The number of nitrogens with one attached hydrogen (secondary N) is 3. The molecule has 0 bridgehead atoms. The van der Waals surface area contributed by atoms with Gasteiger partial charge in [0.25, 0.3) is 0 Å². The number of anilines is 2. The molecule has 1 aromatic heterocycles. The lowest BCUT2D eigenvalue weighted by Gasteiger charge is -2.21. The average Bonchev–Trinajstić information content (AvgIpc) is 3.13. The first-order chi connectivity index (χ1) is 12.1. The van der Waals surface area contributed by atoms with Crippen molar-refractivity contribution in [1.82, 2.24) is 20.6 Å². The van der Waals surface area contributed by atoms with Crippen LogP contribution < -0.4 is 20.9 Å². The van der Waals surface area contributed by atoms with Gasteiger partial charge in [0, 0.05) is 50.9 Å². The van der Waals surface area contributed by atoms with E-state index in [0.29, 0.717) is 38.4 Å². The zero-order valence-electron chi connectivity index (χ0n) is 14.7. The van der Waals surface area contributed by atoms with Crippen molar-refractivity contribution in [3.8, 4) is 0 Å². The Bertz CT molecular complexity index is 620. The summed E-state index contributed by atoms with van der Waals surface area (Å²) in [6.07, 6.45) is 3.46. The summed E-state index contributed by atoms with van der Waals surface area (Å²) in [5.74, 6) is 1.45. The highest BCUT2D eigenvalue weighted by Gasteiger charge is 2.23. The lowest BCUT2D eigenvalue weighted by Crippen LogP contribution is -2.43. The van der Waals surface area contributed by atoms with Gasteiger partial charge in [0.15, 0.2) is 0 Å². The van der Waals surface area contributed by atoms with Crippen LogP contribution in [0, 0.1) is 12.8 Å². The van der Waals surface area contributed by atoms with E-state index in [1.165, 1.54) is 12.8 Å². The van der Waals surface area contributed by atoms with Crippen LogP contribution in [0.2, 0.25) is 0 Å². The summed E-state index contributed by atoms with van der Waals surface area (Å²) < 4.78 is 0. The predicted octanol–water partition coefficient (Wildman–Crippen LogP) is 0.440. The second-order valence-electron chi connectivity index (χ2n) is 6.64. The van der Waals surface area contributed by atoms with Crippen molar-refractivity contribution in [2.75, 3.05) is 42.9 Å². The van der Waals surface area contributed by atoms with Crippen molar-refractivity contribution in [3.63, 3.8) is 0 Å². The van der Waals surface area contributed by atoms with E-state index in [-0.39, 0.29) is 17.7 Å². The van der Waals surface area contributed by atoms with E-state index in [2.05, 4.69) is 30.8 Å². The highest BCUT2D eigenvalue weighted by Crippen LogP contribution is 2.19. The molecule has 0 aliphatic carbocycles. The molecule has 3 N–H and O–H groups in total. The third kappa shape index (κ3) is 4.80. The second-order valence-corrected chi connectivity index (χ2v) is 6.64. The first-order valence-electron chi connectivity index (χ1n) is 9.01. The Balaban J connectivity index is 1.44. The van der Waals surface area contributed by atoms with Gasteiger partial charge in [0.05, 0.1) is 5.92 Å². The molecule has 0 saturated carbocycles. The Morgan fingerprint density at radius 1 is 1.32 bits per heavy atom. The molecule has 8 nitrogen and oxygen atoms in total. The van der Waals surface area contributed by atoms with Gasteiger partial charge in [-0.15, -0.1) is 0 Å². The van der Waals surface area contributed by atoms with Crippen LogP contribution >= 0.6 is 0 Å². The fraction of sp³-hybridized carbons (Fsp3) is 0.647. The molecule has 1 aromatic rings. The summed E-state index contributed by atoms with van der Waals surface area (Å²) in [5, 5.41) is 8.81. The monoisotopic (exact) mass is 346 g/mol. The Labute approximate surface area is 147 Å². The van der Waals surface area contributed by atoms with Gasteiger partial charge in [-0.05, 0) is 26.2 Å². The molecule has 3 rings (SSSR count).